The molecule has 18 heavy (non-hydrogen) atoms. The number of nitriles is 1. The predicted molar refractivity (Wildman–Crippen MR) is 66.7 cm³/mol. The molecule has 0 saturated carbocycles. The Morgan fingerprint density at radius 3 is 2.28 bits per heavy atom. The SMILES string of the molecule is N#COCCCN1CCN(CCCN=C=O)CC1. The second kappa shape index (κ2) is 9.60. The first-order valence-electron chi connectivity index (χ1n) is 6.36. The van der Waals surface area contributed by atoms with Gasteiger partial charge < -0.3 is 14.5 Å². The molecule has 1 rings (SSSR count). The molecule has 0 amide bonds. The molecule has 0 N–H and O–H groups in total. The van der Waals surface area contributed by atoms with Crippen LogP contribution >= 0.6 is 0 Å². The van der Waals surface area contributed by atoms with Crippen LogP contribution in [-0.2, 0) is 9.53 Å². The molecule has 0 aromatic rings. The fraction of sp³-hybridized carbons (Fsp3) is 0.833. The topological polar surface area (TPSA) is 68.9 Å². The molecule has 0 radical (unpaired) electrons. The zero-order chi connectivity index (χ0) is 13.1. The van der Waals surface area contributed by atoms with Crippen molar-refractivity contribution in [1.82, 2.24) is 9.80 Å². The van der Waals surface area contributed by atoms with Gasteiger partial charge in [-0.25, -0.2) is 9.79 Å². The first kappa shape index (κ1) is 14.7. The number of isocyanates is 1. The summed E-state index contributed by atoms with van der Waals surface area (Å²) in [5, 5.41) is 8.23. The van der Waals surface area contributed by atoms with Gasteiger partial charge in [-0.2, -0.15) is 5.26 Å². The van der Waals surface area contributed by atoms with Gasteiger partial charge in [0.05, 0.1) is 6.54 Å². The number of hydrogen-bond acceptors (Lipinski definition) is 6. The van der Waals surface area contributed by atoms with Crippen LogP contribution < -0.4 is 0 Å². The van der Waals surface area contributed by atoms with Crippen molar-refractivity contribution >= 4 is 6.08 Å². The van der Waals surface area contributed by atoms with Gasteiger partial charge in [0.25, 0.3) is 6.26 Å². The summed E-state index contributed by atoms with van der Waals surface area (Å²) < 4.78 is 4.65. The Morgan fingerprint density at radius 2 is 1.72 bits per heavy atom. The number of hydrogen-bond donors (Lipinski definition) is 0. The van der Waals surface area contributed by atoms with Crippen molar-refractivity contribution in [3.8, 4) is 6.26 Å². The molecule has 6 heteroatoms. The number of carbonyl (C=O) groups excluding carboxylic acids is 1. The average Bonchev–Trinajstić information content (AvgIpc) is 2.41. The second-order valence-electron chi connectivity index (χ2n) is 4.30. The van der Waals surface area contributed by atoms with Crippen molar-refractivity contribution in [1.29, 1.82) is 5.26 Å². The third-order valence-electron chi connectivity index (χ3n) is 3.06. The van der Waals surface area contributed by atoms with Gasteiger partial charge in [-0.05, 0) is 12.8 Å². The van der Waals surface area contributed by atoms with E-state index in [9.17, 15) is 4.79 Å². The van der Waals surface area contributed by atoms with Gasteiger partial charge in [-0.3, -0.25) is 0 Å². The van der Waals surface area contributed by atoms with Crippen molar-refractivity contribution in [2.75, 3.05) is 52.4 Å². The standard InChI is InChI=1S/C12H20N4O2/c13-11-18-10-2-5-16-8-6-15(7-9-16)4-1-3-14-12-17/h1-10H2. The van der Waals surface area contributed by atoms with Crippen LogP contribution in [0.25, 0.3) is 0 Å². The third kappa shape index (κ3) is 6.36. The van der Waals surface area contributed by atoms with E-state index in [0.29, 0.717) is 13.2 Å². The second-order valence-corrected chi connectivity index (χ2v) is 4.30. The van der Waals surface area contributed by atoms with Crippen LogP contribution in [0.3, 0.4) is 0 Å². The molecule has 1 heterocycles. The molecule has 6 nitrogen and oxygen atoms in total. The minimum Gasteiger partial charge on any atom is -0.427 e. The van der Waals surface area contributed by atoms with Crippen LogP contribution in [-0.4, -0.2) is 68.3 Å². The van der Waals surface area contributed by atoms with Crippen LogP contribution in [0.4, 0.5) is 0 Å². The highest BCUT2D eigenvalue weighted by Crippen LogP contribution is 2.03. The van der Waals surface area contributed by atoms with E-state index >= 15 is 0 Å². The van der Waals surface area contributed by atoms with Gasteiger partial charge in [0.1, 0.15) is 6.61 Å². The van der Waals surface area contributed by atoms with Gasteiger partial charge in [0, 0.05) is 39.3 Å². The third-order valence-corrected chi connectivity index (χ3v) is 3.06. The van der Waals surface area contributed by atoms with Crippen LogP contribution in [0, 0.1) is 11.5 Å². The van der Waals surface area contributed by atoms with Crippen LogP contribution in [0.2, 0.25) is 0 Å². The van der Waals surface area contributed by atoms with Crippen molar-refractivity contribution in [2.45, 2.75) is 12.8 Å². The minimum absolute atomic E-state index is 0.514. The minimum atomic E-state index is 0.514. The molecule has 0 spiro atoms. The van der Waals surface area contributed by atoms with E-state index in [1.54, 1.807) is 12.3 Å². The molecule has 1 saturated heterocycles. The summed E-state index contributed by atoms with van der Waals surface area (Å²) in [7, 11) is 0. The molecule has 100 valence electrons. The Morgan fingerprint density at radius 1 is 1.11 bits per heavy atom. The van der Waals surface area contributed by atoms with Gasteiger partial charge >= 0.3 is 0 Å². The first-order chi connectivity index (χ1) is 8.86. The highest BCUT2D eigenvalue weighted by molar-refractivity contribution is 5.32. The lowest BCUT2D eigenvalue weighted by atomic mass is 10.2. The lowest BCUT2D eigenvalue weighted by Gasteiger charge is -2.34. The van der Waals surface area contributed by atoms with Gasteiger partial charge in [-0.15, -0.1) is 0 Å². The molecule has 1 aliphatic rings. The van der Waals surface area contributed by atoms with E-state index in [1.165, 1.54) is 0 Å². The summed E-state index contributed by atoms with van der Waals surface area (Å²) in [4.78, 5) is 18.2. The highest BCUT2D eigenvalue weighted by Gasteiger charge is 2.15. The van der Waals surface area contributed by atoms with E-state index in [2.05, 4.69) is 19.5 Å². The maximum Gasteiger partial charge on any atom is 0.286 e. The summed E-state index contributed by atoms with van der Waals surface area (Å²) in [6.07, 6.45) is 5.07. The van der Waals surface area contributed by atoms with Gasteiger partial charge in [0.15, 0.2) is 0 Å². The quantitative estimate of drug-likeness (QED) is 0.267. The Hall–Kier alpha value is -1.41. The van der Waals surface area contributed by atoms with Crippen molar-refractivity contribution < 1.29 is 9.53 Å². The number of piperazine rings is 1. The summed E-state index contributed by atoms with van der Waals surface area (Å²) in [6.45, 7) is 7.32. The average molecular weight is 252 g/mol. The zero-order valence-corrected chi connectivity index (χ0v) is 10.7. The molecular weight excluding hydrogens is 232 g/mol. The lowest BCUT2D eigenvalue weighted by Crippen LogP contribution is -2.46. The molecule has 0 bridgehead atoms. The summed E-state index contributed by atoms with van der Waals surface area (Å²) >= 11 is 0. The maximum atomic E-state index is 9.90. The van der Waals surface area contributed by atoms with Gasteiger partial charge in [-0.1, -0.05) is 0 Å². The van der Waals surface area contributed by atoms with Crippen molar-refractivity contribution in [3.63, 3.8) is 0 Å². The Balaban J connectivity index is 2.02. The smallest absolute Gasteiger partial charge is 0.286 e. The first-order valence-corrected chi connectivity index (χ1v) is 6.36. The summed E-state index contributed by atoms with van der Waals surface area (Å²) in [5.74, 6) is 0. The number of rotatable bonds is 8. The fourth-order valence-electron chi connectivity index (χ4n) is 2.06. The largest absolute Gasteiger partial charge is 0.427 e. The summed E-state index contributed by atoms with van der Waals surface area (Å²) in [5.41, 5.74) is 0. The predicted octanol–water partition coefficient (Wildman–Crippen LogP) is 0.218. The molecule has 1 fully saturated rings. The molecule has 0 unspecified atom stereocenters. The van der Waals surface area contributed by atoms with Crippen LogP contribution in [0.5, 0.6) is 0 Å². The van der Waals surface area contributed by atoms with E-state index in [1.807, 2.05) is 0 Å². The molecule has 0 aromatic heterocycles. The monoisotopic (exact) mass is 252 g/mol. The van der Waals surface area contributed by atoms with Crippen LogP contribution in [0.1, 0.15) is 12.8 Å². The molecule has 1 aliphatic heterocycles. The molecule has 0 aromatic carbocycles. The van der Waals surface area contributed by atoms with E-state index < -0.39 is 0 Å². The van der Waals surface area contributed by atoms with Crippen molar-refractivity contribution in [3.05, 3.63) is 0 Å². The normalized spacial score (nSPS) is 16.8. The van der Waals surface area contributed by atoms with E-state index in [0.717, 1.165) is 52.1 Å². The molecule has 0 atom stereocenters. The lowest BCUT2D eigenvalue weighted by molar-refractivity contribution is 0.123. The number of ether oxygens (including phenoxy) is 1. The zero-order valence-electron chi connectivity index (χ0n) is 10.7. The molecule has 0 aliphatic carbocycles. The van der Waals surface area contributed by atoms with Gasteiger partial charge in [0.2, 0.25) is 6.08 Å². The van der Waals surface area contributed by atoms with Crippen molar-refractivity contribution in [2.24, 2.45) is 4.99 Å². The Kier molecular flexibility index (Phi) is 7.82. The maximum absolute atomic E-state index is 9.90. The number of nitrogens with zero attached hydrogens (tertiary/aromatic N) is 4. The van der Waals surface area contributed by atoms with E-state index in [4.69, 9.17) is 5.26 Å². The Bertz CT molecular complexity index is 302. The highest BCUT2D eigenvalue weighted by atomic mass is 16.5. The summed E-state index contributed by atoms with van der Waals surface area (Å²) in [6, 6.07) is 0. The number of aliphatic imine (C=N–C) groups is 1. The van der Waals surface area contributed by atoms with Crippen LogP contribution in [0.15, 0.2) is 4.99 Å². The molecular formula is C12H20N4O2. The van der Waals surface area contributed by atoms with E-state index in [-0.39, 0.29) is 0 Å². The Labute approximate surface area is 108 Å². The fourth-order valence-corrected chi connectivity index (χ4v) is 2.06.